The zero-order valence-corrected chi connectivity index (χ0v) is 13.2. The standard InChI is InChI=1S/C18H17N3O3/c1-21-11-10-19-18(21)17(23)13-4-6-14(7-5-13)20-16(22)9-8-15-3-2-12-24-15/h2-7,10-12H,8-9H2,1H3,(H,20,22). The van der Waals surface area contributed by atoms with E-state index < -0.39 is 0 Å². The lowest BCUT2D eigenvalue weighted by Gasteiger charge is -2.06. The molecule has 1 aromatic carbocycles. The lowest BCUT2D eigenvalue weighted by atomic mass is 10.1. The first-order valence-electron chi connectivity index (χ1n) is 7.58. The van der Waals surface area contributed by atoms with Crippen molar-refractivity contribution in [3.63, 3.8) is 0 Å². The maximum Gasteiger partial charge on any atom is 0.228 e. The minimum absolute atomic E-state index is 0.102. The molecule has 0 atom stereocenters. The van der Waals surface area contributed by atoms with Crippen LogP contribution in [0.15, 0.2) is 59.5 Å². The maximum absolute atomic E-state index is 12.3. The Hall–Kier alpha value is -3.15. The van der Waals surface area contributed by atoms with Crippen LogP contribution in [0.5, 0.6) is 0 Å². The van der Waals surface area contributed by atoms with Crippen molar-refractivity contribution in [2.24, 2.45) is 7.05 Å². The van der Waals surface area contributed by atoms with Crippen LogP contribution in [0.3, 0.4) is 0 Å². The fourth-order valence-electron chi connectivity index (χ4n) is 2.33. The van der Waals surface area contributed by atoms with Gasteiger partial charge >= 0.3 is 0 Å². The molecule has 0 aliphatic carbocycles. The van der Waals surface area contributed by atoms with Crippen LogP contribution in [0, 0.1) is 0 Å². The summed E-state index contributed by atoms with van der Waals surface area (Å²) in [7, 11) is 1.77. The molecule has 0 aliphatic rings. The molecule has 0 aliphatic heterocycles. The highest BCUT2D eigenvalue weighted by Gasteiger charge is 2.13. The SMILES string of the molecule is Cn1ccnc1C(=O)c1ccc(NC(=O)CCc2ccco2)cc1. The number of hydrogen-bond acceptors (Lipinski definition) is 4. The number of carbonyl (C=O) groups is 2. The van der Waals surface area contributed by atoms with Gasteiger partial charge in [-0.1, -0.05) is 0 Å². The summed E-state index contributed by atoms with van der Waals surface area (Å²) < 4.78 is 6.87. The van der Waals surface area contributed by atoms with E-state index in [0.29, 0.717) is 29.9 Å². The van der Waals surface area contributed by atoms with Crippen LogP contribution in [-0.4, -0.2) is 21.2 Å². The average Bonchev–Trinajstić information content (AvgIpc) is 3.24. The second-order valence-electron chi connectivity index (χ2n) is 5.40. The van der Waals surface area contributed by atoms with Crippen LogP contribution in [0.2, 0.25) is 0 Å². The molecule has 1 amide bonds. The van der Waals surface area contributed by atoms with E-state index in [0.717, 1.165) is 5.76 Å². The molecule has 0 spiro atoms. The number of aryl methyl sites for hydroxylation is 2. The summed E-state index contributed by atoms with van der Waals surface area (Å²) in [4.78, 5) is 28.3. The molecule has 6 heteroatoms. The molecular weight excluding hydrogens is 306 g/mol. The van der Waals surface area contributed by atoms with Crippen LogP contribution in [0.4, 0.5) is 5.69 Å². The third kappa shape index (κ3) is 3.60. The number of nitrogens with zero attached hydrogens (tertiary/aromatic N) is 2. The van der Waals surface area contributed by atoms with Crippen molar-refractivity contribution in [1.29, 1.82) is 0 Å². The average molecular weight is 323 g/mol. The number of nitrogens with one attached hydrogen (secondary N) is 1. The molecule has 0 saturated carbocycles. The number of furan rings is 1. The Morgan fingerprint density at radius 3 is 2.62 bits per heavy atom. The van der Waals surface area contributed by atoms with Gasteiger partial charge in [0.1, 0.15) is 5.76 Å². The molecule has 2 aromatic heterocycles. The molecule has 24 heavy (non-hydrogen) atoms. The van der Waals surface area contributed by atoms with E-state index in [1.165, 1.54) is 0 Å². The Morgan fingerprint density at radius 1 is 1.21 bits per heavy atom. The summed E-state index contributed by atoms with van der Waals surface area (Å²) in [5.41, 5.74) is 1.17. The van der Waals surface area contributed by atoms with Gasteiger partial charge in [0.05, 0.1) is 6.26 Å². The minimum atomic E-state index is -0.154. The number of carbonyl (C=O) groups excluding carboxylic acids is 2. The number of aromatic nitrogens is 2. The van der Waals surface area contributed by atoms with E-state index >= 15 is 0 Å². The highest BCUT2D eigenvalue weighted by Crippen LogP contribution is 2.14. The molecule has 0 fully saturated rings. The lowest BCUT2D eigenvalue weighted by molar-refractivity contribution is -0.116. The van der Waals surface area contributed by atoms with Gasteiger partial charge in [0.2, 0.25) is 11.7 Å². The zero-order valence-electron chi connectivity index (χ0n) is 13.2. The summed E-state index contributed by atoms with van der Waals surface area (Å²) in [5, 5.41) is 2.80. The van der Waals surface area contributed by atoms with Crippen molar-refractivity contribution in [3.05, 3.63) is 72.2 Å². The Labute approximate surface area is 139 Å². The van der Waals surface area contributed by atoms with Crippen molar-refractivity contribution < 1.29 is 14.0 Å². The lowest BCUT2D eigenvalue weighted by Crippen LogP contribution is -2.13. The van der Waals surface area contributed by atoms with Crippen LogP contribution in [0.1, 0.15) is 28.4 Å². The van der Waals surface area contributed by atoms with E-state index in [9.17, 15) is 9.59 Å². The number of hydrogen-bond donors (Lipinski definition) is 1. The van der Waals surface area contributed by atoms with Crippen LogP contribution >= 0.6 is 0 Å². The predicted molar refractivity (Wildman–Crippen MR) is 88.7 cm³/mol. The smallest absolute Gasteiger partial charge is 0.228 e. The van der Waals surface area contributed by atoms with Gasteiger partial charge in [-0.2, -0.15) is 0 Å². The molecule has 3 aromatic rings. The van der Waals surface area contributed by atoms with Gasteiger partial charge in [-0.3, -0.25) is 9.59 Å². The number of anilines is 1. The van der Waals surface area contributed by atoms with E-state index in [1.54, 1.807) is 60.6 Å². The van der Waals surface area contributed by atoms with Crippen LogP contribution < -0.4 is 5.32 Å². The first kappa shape index (κ1) is 15.7. The Balaban J connectivity index is 1.59. The summed E-state index contributed by atoms with van der Waals surface area (Å²) in [6.07, 6.45) is 5.78. The van der Waals surface area contributed by atoms with Gasteiger partial charge < -0.3 is 14.3 Å². The van der Waals surface area contributed by atoms with Crippen molar-refractivity contribution in [3.8, 4) is 0 Å². The van der Waals surface area contributed by atoms with Crippen molar-refractivity contribution in [2.75, 3.05) is 5.32 Å². The van der Waals surface area contributed by atoms with Crippen LogP contribution in [0.25, 0.3) is 0 Å². The Bertz CT molecular complexity index is 833. The van der Waals surface area contributed by atoms with Gasteiger partial charge in [-0.15, -0.1) is 0 Å². The van der Waals surface area contributed by atoms with E-state index in [-0.39, 0.29) is 11.7 Å². The molecule has 2 heterocycles. The van der Waals surface area contributed by atoms with Crippen molar-refractivity contribution in [1.82, 2.24) is 9.55 Å². The summed E-state index contributed by atoms with van der Waals surface area (Å²) in [6, 6.07) is 10.4. The largest absolute Gasteiger partial charge is 0.469 e. The second kappa shape index (κ2) is 6.95. The van der Waals surface area contributed by atoms with Gasteiger partial charge in [-0.25, -0.2) is 4.98 Å². The summed E-state index contributed by atoms with van der Waals surface area (Å²) in [5.74, 6) is 0.902. The van der Waals surface area contributed by atoms with Gasteiger partial charge in [0.15, 0.2) is 5.82 Å². The molecule has 122 valence electrons. The van der Waals surface area contributed by atoms with Crippen molar-refractivity contribution >= 4 is 17.4 Å². The molecule has 0 saturated heterocycles. The normalized spacial score (nSPS) is 10.5. The molecular formula is C18H17N3O3. The first-order valence-corrected chi connectivity index (χ1v) is 7.58. The second-order valence-corrected chi connectivity index (χ2v) is 5.40. The van der Waals surface area contributed by atoms with Gasteiger partial charge in [-0.05, 0) is 36.4 Å². The minimum Gasteiger partial charge on any atom is -0.469 e. The molecule has 3 rings (SSSR count). The Kier molecular flexibility index (Phi) is 4.56. The van der Waals surface area contributed by atoms with Crippen molar-refractivity contribution in [2.45, 2.75) is 12.8 Å². The third-order valence-electron chi connectivity index (χ3n) is 3.63. The molecule has 0 radical (unpaired) electrons. The maximum atomic E-state index is 12.3. The molecule has 1 N–H and O–H groups in total. The fourth-order valence-corrected chi connectivity index (χ4v) is 2.33. The highest BCUT2D eigenvalue weighted by molar-refractivity contribution is 6.07. The van der Waals surface area contributed by atoms with Crippen LogP contribution in [-0.2, 0) is 18.3 Å². The van der Waals surface area contributed by atoms with Gasteiger partial charge in [0.25, 0.3) is 0 Å². The number of ketones is 1. The molecule has 0 bridgehead atoms. The molecule has 6 nitrogen and oxygen atoms in total. The van der Waals surface area contributed by atoms with Gasteiger partial charge in [0, 0.05) is 43.5 Å². The van der Waals surface area contributed by atoms with E-state index in [4.69, 9.17) is 4.42 Å². The predicted octanol–water partition coefficient (Wildman–Crippen LogP) is 2.82. The highest BCUT2D eigenvalue weighted by atomic mass is 16.3. The first-order chi connectivity index (χ1) is 11.6. The summed E-state index contributed by atoms with van der Waals surface area (Å²) >= 11 is 0. The number of benzene rings is 1. The fraction of sp³-hybridized carbons (Fsp3) is 0.167. The number of rotatable bonds is 6. The molecule has 0 unspecified atom stereocenters. The Morgan fingerprint density at radius 2 is 2.00 bits per heavy atom. The third-order valence-corrected chi connectivity index (χ3v) is 3.63. The monoisotopic (exact) mass is 323 g/mol. The summed E-state index contributed by atoms with van der Waals surface area (Å²) in [6.45, 7) is 0. The quantitative estimate of drug-likeness (QED) is 0.708. The zero-order chi connectivity index (χ0) is 16.9. The number of imidazole rings is 1. The number of amides is 1. The topological polar surface area (TPSA) is 77.1 Å². The van der Waals surface area contributed by atoms with E-state index in [2.05, 4.69) is 10.3 Å². The van der Waals surface area contributed by atoms with E-state index in [1.807, 2.05) is 6.07 Å².